The van der Waals surface area contributed by atoms with Gasteiger partial charge in [-0.1, -0.05) is 31.5 Å². The summed E-state index contributed by atoms with van der Waals surface area (Å²) in [6.07, 6.45) is 8.25. The predicted octanol–water partition coefficient (Wildman–Crippen LogP) is 4.04. The Kier molecular flexibility index (Phi) is 3.25. The molecule has 0 saturated heterocycles. The molecule has 26 heavy (non-hydrogen) atoms. The average Bonchev–Trinajstić information content (AvgIpc) is 3.33. The molecule has 4 heteroatoms. The van der Waals surface area contributed by atoms with Crippen LogP contribution in [0.5, 0.6) is 0 Å². The fraction of sp³-hybridized carbons (Fsp3) is 0.727. The van der Waals surface area contributed by atoms with Crippen molar-refractivity contribution in [2.24, 2.45) is 40.4 Å². The number of carbonyl (C=O) groups excluding carboxylic acids is 2. The summed E-state index contributed by atoms with van der Waals surface area (Å²) in [6.45, 7) is 5.97. The third kappa shape index (κ3) is 1.75. The van der Waals surface area contributed by atoms with Crippen molar-refractivity contribution in [1.29, 1.82) is 0 Å². The molecular weight excluding hydrogens is 348 g/mol. The first kappa shape index (κ1) is 17.2. The Morgan fingerprint density at radius 1 is 1.19 bits per heavy atom. The Bertz CT molecular complexity index is 797. The summed E-state index contributed by atoms with van der Waals surface area (Å²) in [6, 6.07) is 0. The highest BCUT2D eigenvalue weighted by Crippen LogP contribution is 2.72. The van der Waals surface area contributed by atoms with Gasteiger partial charge < -0.3 is 5.11 Å². The van der Waals surface area contributed by atoms with Crippen molar-refractivity contribution in [1.82, 2.24) is 0 Å². The highest BCUT2D eigenvalue weighted by molar-refractivity contribution is 6.32. The molecule has 0 unspecified atom stereocenters. The van der Waals surface area contributed by atoms with E-state index in [-0.39, 0.29) is 40.2 Å². The van der Waals surface area contributed by atoms with Gasteiger partial charge in [0.1, 0.15) is 5.60 Å². The fourth-order valence-corrected chi connectivity index (χ4v) is 7.96. The van der Waals surface area contributed by atoms with Crippen molar-refractivity contribution in [3.8, 4) is 0 Å². The average molecular weight is 375 g/mol. The molecule has 3 saturated carbocycles. The molecule has 5 rings (SSSR count). The number of ketones is 2. The van der Waals surface area contributed by atoms with Crippen molar-refractivity contribution >= 4 is 23.2 Å². The van der Waals surface area contributed by atoms with Gasteiger partial charge in [0.05, 0.1) is 0 Å². The number of carbonyl (C=O) groups is 2. The lowest BCUT2D eigenvalue weighted by atomic mass is 9.47. The second kappa shape index (κ2) is 4.91. The third-order valence-corrected chi connectivity index (χ3v) is 9.56. The minimum Gasteiger partial charge on any atom is -0.382 e. The molecule has 0 heterocycles. The van der Waals surface area contributed by atoms with Crippen LogP contribution >= 0.6 is 11.6 Å². The largest absolute Gasteiger partial charge is 0.382 e. The summed E-state index contributed by atoms with van der Waals surface area (Å²) in [7, 11) is 0. The van der Waals surface area contributed by atoms with Crippen LogP contribution in [-0.4, -0.2) is 22.3 Å². The minimum atomic E-state index is -1.20. The highest BCUT2D eigenvalue weighted by atomic mass is 35.5. The summed E-state index contributed by atoms with van der Waals surface area (Å²) in [4.78, 5) is 24.6. The van der Waals surface area contributed by atoms with Crippen LogP contribution in [0.4, 0.5) is 0 Å². The lowest BCUT2D eigenvalue weighted by Gasteiger charge is -2.57. The zero-order valence-electron chi connectivity index (χ0n) is 15.7. The molecule has 0 bridgehead atoms. The van der Waals surface area contributed by atoms with E-state index >= 15 is 0 Å². The summed E-state index contributed by atoms with van der Waals surface area (Å²) < 4.78 is 0. The van der Waals surface area contributed by atoms with Crippen LogP contribution in [-0.2, 0) is 9.59 Å². The van der Waals surface area contributed by atoms with E-state index in [1.165, 1.54) is 6.92 Å². The molecule has 0 aliphatic heterocycles. The van der Waals surface area contributed by atoms with Gasteiger partial charge in [-0.15, -0.1) is 0 Å². The van der Waals surface area contributed by atoms with Crippen LogP contribution in [0.25, 0.3) is 0 Å². The third-order valence-electron chi connectivity index (χ3n) is 9.23. The number of Topliss-reactive ketones (excluding diaryl/α,β-unsaturated/α-hetero) is 1. The van der Waals surface area contributed by atoms with Crippen LogP contribution in [0.3, 0.4) is 0 Å². The van der Waals surface area contributed by atoms with Crippen LogP contribution in [0.15, 0.2) is 22.8 Å². The predicted molar refractivity (Wildman–Crippen MR) is 99.4 cm³/mol. The quantitative estimate of drug-likeness (QED) is 0.753. The standard InChI is InChI=1S/C22H27ClO3/c1-11(24)22(26)7-5-14-12-9-18(23)17-10-19(25)13-8-16(13)21(17,3)15(12)4-6-20(14,22)2/h9-10,12-16,26H,4-8H2,1-3H3/t12-,13-,14-,15-,16+,20+,21+,22+/m1/s1. The summed E-state index contributed by atoms with van der Waals surface area (Å²) in [5.74, 6) is 1.78. The Balaban J connectivity index is 1.62. The Morgan fingerprint density at radius 2 is 1.88 bits per heavy atom. The molecular formula is C22H27ClO3. The molecule has 0 spiro atoms. The van der Waals surface area contributed by atoms with Gasteiger partial charge in [-0.05, 0) is 74.3 Å². The molecule has 5 aliphatic rings. The Hall–Kier alpha value is -0.930. The van der Waals surface area contributed by atoms with E-state index in [0.29, 0.717) is 18.3 Å². The van der Waals surface area contributed by atoms with Crippen LogP contribution in [0.1, 0.15) is 52.9 Å². The maximum atomic E-state index is 12.3. The number of halogens is 1. The van der Waals surface area contributed by atoms with E-state index in [9.17, 15) is 14.7 Å². The van der Waals surface area contributed by atoms with E-state index in [4.69, 9.17) is 11.6 Å². The van der Waals surface area contributed by atoms with Gasteiger partial charge in [0.25, 0.3) is 0 Å². The first-order chi connectivity index (χ1) is 12.1. The first-order valence-corrected chi connectivity index (χ1v) is 10.4. The summed E-state index contributed by atoms with van der Waals surface area (Å²) in [5.41, 5.74) is -0.566. The van der Waals surface area contributed by atoms with Gasteiger partial charge >= 0.3 is 0 Å². The molecule has 3 fully saturated rings. The van der Waals surface area contributed by atoms with Crippen molar-refractivity contribution in [3.63, 3.8) is 0 Å². The second-order valence-corrected chi connectivity index (χ2v) is 10.3. The number of allylic oxidation sites excluding steroid dienone is 4. The molecule has 0 amide bonds. The van der Waals surface area contributed by atoms with Crippen LogP contribution in [0, 0.1) is 40.4 Å². The Morgan fingerprint density at radius 3 is 2.58 bits per heavy atom. The van der Waals surface area contributed by atoms with Gasteiger partial charge in [-0.3, -0.25) is 9.59 Å². The maximum Gasteiger partial charge on any atom is 0.161 e. The molecule has 1 N–H and O–H groups in total. The molecule has 0 radical (unpaired) electrons. The zero-order chi connectivity index (χ0) is 18.6. The van der Waals surface area contributed by atoms with Crippen molar-refractivity contribution in [2.75, 3.05) is 0 Å². The van der Waals surface area contributed by atoms with Crippen molar-refractivity contribution in [2.45, 2.75) is 58.5 Å². The molecule has 0 aromatic rings. The number of fused-ring (bicyclic) bond motifs is 7. The van der Waals surface area contributed by atoms with E-state index in [0.717, 1.165) is 36.3 Å². The first-order valence-electron chi connectivity index (χ1n) is 10.0. The monoisotopic (exact) mass is 374 g/mol. The van der Waals surface area contributed by atoms with Gasteiger partial charge in [-0.25, -0.2) is 0 Å². The molecule has 0 aromatic carbocycles. The normalized spacial score (nSPS) is 54.3. The lowest BCUT2D eigenvalue weighted by molar-refractivity contribution is -0.157. The Labute approximate surface area is 159 Å². The number of hydrogen-bond acceptors (Lipinski definition) is 3. The van der Waals surface area contributed by atoms with Gasteiger partial charge in [0.15, 0.2) is 11.6 Å². The number of aliphatic hydroxyl groups is 1. The maximum absolute atomic E-state index is 12.3. The van der Waals surface area contributed by atoms with Crippen molar-refractivity contribution in [3.05, 3.63) is 22.8 Å². The van der Waals surface area contributed by atoms with Gasteiger partial charge in [0, 0.05) is 21.8 Å². The summed E-state index contributed by atoms with van der Waals surface area (Å²) >= 11 is 6.73. The topological polar surface area (TPSA) is 54.4 Å². The molecule has 3 nitrogen and oxygen atoms in total. The number of hydrogen-bond donors (Lipinski definition) is 1. The van der Waals surface area contributed by atoms with E-state index in [2.05, 4.69) is 19.9 Å². The van der Waals surface area contributed by atoms with E-state index in [1.807, 2.05) is 6.08 Å². The van der Waals surface area contributed by atoms with Crippen LogP contribution in [0.2, 0.25) is 0 Å². The lowest BCUT2D eigenvalue weighted by Crippen LogP contribution is -2.56. The smallest absolute Gasteiger partial charge is 0.161 e. The number of rotatable bonds is 1. The zero-order valence-corrected chi connectivity index (χ0v) is 16.5. The van der Waals surface area contributed by atoms with Gasteiger partial charge in [0.2, 0.25) is 0 Å². The van der Waals surface area contributed by atoms with Gasteiger partial charge in [-0.2, -0.15) is 0 Å². The molecule has 8 atom stereocenters. The molecule has 5 aliphatic carbocycles. The van der Waals surface area contributed by atoms with Crippen molar-refractivity contribution < 1.29 is 14.7 Å². The fourth-order valence-electron chi connectivity index (χ4n) is 7.56. The van der Waals surface area contributed by atoms with E-state index in [1.54, 1.807) is 0 Å². The van der Waals surface area contributed by atoms with Crippen LogP contribution < -0.4 is 0 Å². The minimum absolute atomic E-state index is 0.0344. The molecule has 0 aromatic heterocycles. The highest BCUT2D eigenvalue weighted by Gasteiger charge is 2.69. The van der Waals surface area contributed by atoms with E-state index < -0.39 is 5.60 Å². The second-order valence-electron chi connectivity index (χ2n) is 9.91. The SMILES string of the molecule is CC(=O)[C@@]1(O)CC[C@@H]2[C@H]3C=C(Cl)C4=CC(=O)[C@@H]5C[C@@H]5[C@]4(C)[C@@H]3CC[C@@]21C. The molecule has 140 valence electrons. The summed E-state index contributed by atoms with van der Waals surface area (Å²) in [5, 5.41) is 11.9.